The first-order valence-electron chi connectivity index (χ1n) is 8.09. The van der Waals surface area contributed by atoms with Gasteiger partial charge in [0.05, 0.1) is 6.61 Å². The van der Waals surface area contributed by atoms with Gasteiger partial charge in [0, 0.05) is 6.42 Å². The molecule has 24 heavy (non-hydrogen) atoms. The monoisotopic (exact) mass is 326 g/mol. The van der Waals surface area contributed by atoms with Crippen molar-refractivity contribution in [2.45, 2.75) is 32.8 Å². The lowest BCUT2D eigenvalue weighted by molar-refractivity contribution is -0.154. The molecule has 126 valence electrons. The number of aryl methyl sites for hydroxylation is 1. The summed E-state index contributed by atoms with van der Waals surface area (Å²) in [5.41, 5.74) is 1.95. The Balaban J connectivity index is 1.60. The van der Waals surface area contributed by atoms with Gasteiger partial charge in [-0.15, -0.1) is 0 Å². The van der Waals surface area contributed by atoms with E-state index in [0.717, 1.165) is 16.9 Å². The predicted octanol–water partition coefficient (Wildman–Crippen LogP) is 3.86. The molecule has 0 spiro atoms. The zero-order chi connectivity index (χ0) is 17.2. The minimum absolute atomic E-state index is 0.127. The molecule has 0 saturated carbocycles. The highest BCUT2D eigenvalue weighted by Crippen LogP contribution is 2.16. The first-order chi connectivity index (χ1) is 11.7. The molecule has 0 amide bonds. The van der Waals surface area contributed by atoms with Crippen molar-refractivity contribution in [3.63, 3.8) is 0 Å². The molecule has 4 heteroatoms. The summed E-state index contributed by atoms with van der Waals surface area (Å²) in [6.45, 7) is 2.64. The van der Waals surface area contributed by atoms with Crippen molar-refractivity contribution in [3.05, 3.63) is 65.7 Å². The average Bonchev–Trinajstić information content (AvgIpc) is 2.61. The zero-order valence-corrected chi connectivity index (χ0v) is 13.9. The Bertz CT molecular complexity index is 664. The van der Waals surface area contributed by atoms with Crippen LogP contribution < -0.4 is 4.74 Å². The fourth-order valence-corrected chi connectivity index (χ4v) is 2.19. The van der Waals surface area contributed by atoms with E-state index in [1.165, 1.54) is 0 Å². The highest BCUT2D eigenvalue weighted by molar-refractivity contribution is 6.33. The minimum Gasteiger partial charge on any atom is -0.493 e. The van der Waals surface area contributed by atoms with Crippen LogP contribution in [0.25, 0.3) is 0 Å². The van der Waals surface area contributed by atoms with Crippen LogP contribution >= 0.6 is 0 Å². The second-order valence-corrected chi connectivity index (χ2v) is 5.56. The molecular weight excluding hydrogens is 304 g/mol. The quantitative estimate of drug-likeness (QED) is 0.399. The number of hydrogen-bond acceptors (Lipinski definition) is 4. The van der Waals surface area contributed by atoms with Crippen LogP contribution in [-0.4, -0.2) is 18.4 Å². The molecule has 0 radical (unpaired) electrons. The second-order valence-electron chi connectivity index (χ2n) is 5.56. The van der Waals surface area contributed by atoms with E-state index in [4.69, 9.17) is 9.47 Å². The van der Waals surface area contributed by atoms with Crippen molar-refractivity contribution < 1.29 is 19.1 Å². The van der Waals surface area contributed by atoms with E-state index >= 15 is 0 Å². The van der Waals surface area contributed by atoms with Gasteiger partial charge in [0.15, 0.2) is 0 Å². The van der Waals surface area contributed by atoms with Gasteiger partial charge in [-0.05, 0) is 37.0 Å². The molecule has 2 rings (SSSR count). The summed E-state index contributed by atoms with van der Waals surface area (Å²) < 4.78 is 10.7. The normalized spacial score (nSPS) is 10.2. The maximum absolute atomic E-state index is 11.7. The Kier molecular flexibility index (Phi) is 7.02. The number of para-hydroxylation sites is 1. The van der Waals surface area contributed by atoms with Gasteiger partial charge < -0.3 is 9.47 Å². The number of carbonyl (C=O) groups excluding carboxylic acids is 2. The van der Waals surface area contributed by atoms with Crippen LogP contribution in [0.2, 0.25) is 0 Å². The fourth-order valence-electron chi connectivity index (χ4n) is 2.19. The molecule has 0 aliphatic rings. The molecular formula is C20H22O4. The topological polar surface area (TPSA) is 52.6 Å². The van der Waals surface area contributed by atoms with E-state index in [-0.39, 0.29) is 13.0 Å². The number of hydrogen-bond donors (Lipinski definition) is 0. The van der Waals surface area contributed by atoms with Crippen LogP contribution in [0.15, 0.2) is 54.6 Å². The molecule has 0 saturated heterocycles. The van der Waals surface area contributed by atoms with Crippen molar-refractivity contribution in [1.82, 2.24) is 0 Å². The highest BCUT2D eigenvalue weighted by Gasteiger charge is 2.14. The molecule has 0 heterocycles. The zero-order valence-electron chi connectivity index (χ0n) is 13.9. The summed E-state index contributed by atoms with van der Waals surface area (Å²) in [6.07, 6.45) is 1.50. The third-order valence-electron chi connectivity index (χ3n) is 3.59. The maximum Gasteiger partial charge on any atom is 0.374 e. The van der Waals surface area contributed by atoms with Crippen molar-refractivity contribution in [1.29, 1.82) is 0 Å². The molecule has 0 N–H and O–H groups in total. The Morgan fingerprint density at radius 2 is 1.62 bits per heavy atom. The molecule has 0 aliphatic carbocycles. The first kappa shape index (κ1) is 17.7. The number of ether oxygens (including phenoxy) is 2. The smallest absolute Gasteiger partial charge is 0.374 e. The maximum atomic E-state index is 11.7. The van der Waals surface area contributed by atoms with Crippen LogP contribution in [0.4, 0.5) is 0 Å². The van der Waals surface area contributed by atoms with Crippen LogP contribution in [-0.2, 0) is 20.9 Å². The number of unbranched alkanes of at least 4 members (excludes halogenated alkanes) is 1. The van der Waals surface area contributed by atoms with Gasteiger partial charge in [-0.3, -0.25) is 4.79 Å². The van der Waals surface area contributed by atoms with Crippen LogP contribution in [0.3, 0.4) is 0 Å². The summed E-state index contributed by atoms with van der Waals surface area (Å²) >= 11 is 0. The van der Waals surface area contributed by atoms with Crippen molar-refractivity contribution in [2.75, 3.05) is 6.61 Å². The van der Waals surface area contributed by atoms with E-state index < -0.39 is 11.8 Å². The summed E-state index contributed by atoms with van der Waals surface area (Å²) in [5.74, 6) is -0.397. The number of esters is 1. The Morgan fingerprint density at radius 3 is 2.38 bits per heavy atom. The molecule has 0 aromatic heterocycles. The van der Waals surface area contributed by atoms with Crippen molar-refractivity contribution in [2.24, 2.45) is 0 Å². The van der Waals surface area contributed by atoms with Crippen molar-refractivity contribution >= 4 is 11.8 Å². The number of benzene rings is 2. The number of Topliss-reactive ketones (excluding diaryl/α,β-unsaturated/α-hetero) is 1. The molecule has 4 nitrogen and oxygen atoms in total. The van der Waals surface area contributed by atoms with Gasteiger partial charge in [0.1, 0.15) is 12.4 Å². The lowest BCUT2D eigenvalue weighted by atomic mass is 10.2. The highest BCUT2D eigenvalue weighted by atomic mass is 16.5. The van der Waals surface area contributed by atoms with Gasteiger partial charge in [-0.1, -0.05) is 48.5 Å². The largest absolute Gasteiger partial charge is 0.493 e. The van der Waals surface area contributed by atoms with E-state index in [1.54, 1.807) is 0 Å². The summed E-state index contributed by atoms with van der Waals surface area (Å²) in [5, 5.41) is 0. The standard InChI is InChI=1S/C20H22O4/c1-16-9-5-6-13-19(16)23-14-8-7-12-18(21)20(22)24-15-17-10-3-2-4-11-17/h2-6,9-11,13H,7-8,12,14-15H2,1H3. The number of ketones is 1. The minimum atomic E-state index is -0.765. The van der Waals surface area contributed by atoms with Crippen molar-refractivity contribution in [3.8, 4) is 5.75 Å². The fraction of sp³-hybridized carbons (Fsp3) is 0.300. The van der Waals surface area contributed by atoms with E-state index in [2.05, 4.69) is 0 Å². The molecule has 0 aliphatic heterocycles. The van der Waals surface area contributed by atoms with Gasteiger partial charge >= 0.3 is 5.97 Å². The third kappa shape index (κ3) is 5.88. The van der Waals surface area contributed by atoms with E-state index in [0.29, 0.717) is 19.4 Å². The molecule has 2 aromatic rings. The summed E-state index contributed by atoms with van der Waals surface area (Å²) in [7, 11) is 0. The molecule has 2 aromatic carbocycles. The third-order valence-corrected chi connectivity index (χ3v) is 3.59. The van der Waals surface area contributed by atoms with Crippen LogP contribution in [0, 0.1) is 6.92 Å². The summed E-state index contributed by atoms with van der Waals surface area (Å²) in [6, 6.07) is 17.1. The van der Waals surface area contributed by atoms with Gasteiger partial charge in [-0.2, -0.15) is 0 Å². The number of rotatable bonds is 9. The van der Waals surface area contributed by atoms with Gasteiger partial charge in [-0.25, -0.2) is 4.79 Å². The van der Waals surface area contributed by atoms with Crippen LogP contribution in [0.1, 0.15) is 30.4 Å². The Hall–Kier alpha value is -2.62. The molecule has 0 atom stereocenters. The Labute approximate surface area is 142 Å². The summed E-state index contributed by atoms with van der Waals surface area (Å²) in [4.78, 5) is 23.4. The second kappa shape index (κ2) is 9.50. The SMILES string of the molecule is Cc1ccccc1OCCCCC(=O)C(=O)OCc1ccccc1. The lowest BCUT2D eigenvalue weighted by Crippen LogP contribution is -2.17. The molecule has 0 fully saturated rings. The molecule has 0 unspecified atom stereocenters. The predicted molar refractivity (Wildman–Crippen MR) is 91.8 cm³/mol. The first-order valence-corrected chi connectivity index (χ1v) is 8.09. The lowest BCUT2D eigenvalue weighted by Gasteiger charge is -2.08. The van der Waals surface area contributed by atoms with Gasteiger partial charge in [0.2, 0.25) is 5.78 Å². The van der Waals surface area contributed by atoms with E-state index in [1.807, 2.05) is 61.5 Å². The molecule has 0 bridgehead atoms. The Morgan fingerprint density at radius 1 is 0.917 bits per heavy atom. The van der Waals surface area contributed by atoms with Gasteiger partial charge in [0.25, 0.3) is 0 Å². The average molecular weight is 326 g/mol. The number of carbonyl (C=O) groups is 2. The van der Waals surface area contributed by atoms with Crippen LogP contribution in [0.5, 0.6) is 5.75 Å². The van der Waals surface area contributed by atoms with E-state index in [9.17, 15) is 9.59 Å².